The smallest absolute Gasteiger partial charge is 0.140 e. The minimum atomic E-state index is -0.145. The Kier molecular flexibility index (Phi) is 3.90. The number of hydrogen-bond acceptors (Lipinski definition) is 1. The Balaban J connectivity index is 2.24. The fourth-order valence-corrected chi connectivity index (χ4v) is 23.4. The largest absolute Gasteiger partial charge is 0.428 e. The van der Waals surface area contributed by atoms with Crippen LogP contribution in [0.2, 0.25) is 11.6 Å². The molecule has 0 radical (unpaired) electrons. The van der Waals surface area contributed by atoms with E-state index in [1.165, 1.54) is 12.5 Å². The molecule has 1 saturated heterocycles. The first-order valence-electron chi connectivity index (χ1n) is 4.42. The van der Waals surface area contributed by atoms with Gasteiger partial charge in [-0.05, 0) is 6.04 Å². The molecule has 0 amide bonds. The average Bonchev–Trinajstić information content (AvgIpc) is 2.05. The Morgan fingerprint density at radius 2 is 2.50 bits per heavy atom. The average molecular weight is 190 g/mol. The molecule has 0 aliphatic carbocycles. The van der Waals surface area contributed by atoms with Gasteiger partial charge in [0, 0.05) is 23.5 Å². The molecule has 0 N–H and O–H groups in total. The van der Waals surface area contributed by atoms with Crippen molar-refractivity contribution >= 4 is 26.1 Å². The highest BCUT2D eigenvalue weighted by molar-refractivity contribution is 7.35. The predicted molar refractivity (Wildman–Crippen MR) is 54.7 cm³/mol. The van der Waals surface area contributed by atoms with E-state index in [9.17, 15) is 0 Å². The highest BCUT2D eigenvalue weighted by atomic mass is 29.5. The Bertz CT molecular complexity index is 93.0. The molecule has 0 saturated carbocycles. The topological polar surface area (TPSA) is 9.23 Å². The Hall–Kier alpha value is 0.611. The van der Waals surface area contributed by atoms with Crippen LogP contribution >= 0.6 is 0 Å². The molecule has 1 heterocycles. The lowest BCUT2D eigenvalue weighted by atomic mass is 10.4. The van der Waals surface area contributed by atoms with Gasteiger partial charge in [-0.3, -0.25) is 0 Å². The van der Waals surface area contributed by atoms with Gasteiger partial charge >= 0.3 is 0 Å². The Morgan fingerprint density at radius 1 is 1.70 bits per heavy atom. The van der Waals surface area contributed by atoms with E-state index >= 15 is 0 Å². The maximum atomic E-state index is 5.53. The van der Waals surface area contributed by atoms with Gasteiger partial charge in [0.25, 0.3) is 0 Å². The lowest BCUT2D eigenvalue weighted by Crippen LogP contribution is -2.38. The molecular formula is C6H18OSi3. The van der Waals surface area contributed by atoms with Crippen LogP contribution in [-0.4, -0.2) is 32.8 Å². The third-order valence-corrected chi connectivity index (χ3v) is 23.6. The van der Waals surface area contributed by atoms with Gasteiger partial charge in [0.1, 0.15) is 9.28 Å². The van der Waals surface area contributed by atoms with Gasteiger partial charge < -0.3 is 4.43 Å². The van der Waals surface area contributed by atoms with E-state index in [0.29, 0.717) is 8.55 Å². The van der Waals surface area contributed by atoms with Crippen molar-refractivity contribution in [2.45, 2.75) is 31.9 Å². The summed E-state index contributed by atoms with van der Waals surface area (Å²) in [6.45, 7) is 5.98. The van der Waals surface area contributed by atoms with Gasteiger partial charge in [0.2, 0.25) is 0 Å². The van der Waals surface area contributed by atoms with Crippen LogP contribution in [0, 0.1) is 0 Å². The second-order valence-electron chi connectivity index (χ2n) is 3.34. The van der Waals surface area contributed by atoms with Crippen LogP contribution in [0.4, 0.5) is 0 Å². The summed E-state index contributed by atoms with van der Waals surface area (Å²) in [5, 5.41) is 0. The van der Waals surface area contributed by atoms with Crippen LogP contribution in [0.1, 0.15) is 20.3 Å². The van der Waals surface area contributed by atoms with Crippen molar-refractivity contribution in [1.82, 2.24) is 0 Å². The van der Waals surface area contributed by atoms with Crippen LogP contribution in [0.5, 0.6) is 0 Å². The molecule has 1 fully saturated rings. The lowest BCUT2D eigenvalue weighted by Gasteiger charge is -2.24. The van der Waals surface area contributed by atoms with Crippen molar-refractivity contribution in [3.05, 3.63) is 0 Å². The van der Waals surface area contributed by atoms with E-state index < -0.39 is 0 Å². The normalized spacial score (nSPS) is 34.8. The van der Waals surface area contributed by atoms with Gasteiger partial charge in [0.15, 0.2) is 0 Å². The van der Waals surface area contributed by atoms with Crippen LogP contribution in [0.3, 0.4) is 0 Å². The minimum Gasteiger partial charge on any atom is -0.428 e. The van der Waals surface area contributed by atoms with Crippen LogP contribution in [0.15, 0.2) is 0 Å². The molecule has 0 aromatic heterocycles. The summed E-state index contributed by atoms with van der Waals surface area (Å²) in [6, 6.07) is 1.52. The summed E-state index contributed by atoms with van der Waals surface area (Å²) in [5.74, 6) is 0. The zero-order valence-corrected chi connectivity index (χ0v) is 11.1. The molecule has 0 aromatic carbocycles. The number of rotatable bonds is 2. The molecule has 60 valence electrons. The predicted octanol–water partition coefficient (Wildman–Crippen LogP) is -0.292. The standard InChI is InChI=1S/C6H18OSi3/c1-3-6(2)10-5-4-7-8-9-10/h6,10H,3-5,8-9H2,1-2H3. The molecule has 2 atom stereocenters. The summed E-state index contributed by atoms with van der Waals surface area (Å²) in [4.78, 5) is 0. The van der Waals surface area contributed by atoms with Crippen LogP contribution < -0.4 is 0 Å². The summed E-state index contributed by atoms with van der Waals surface area (Å²) >= 11 is 0. The van der Waals surface area contributed by atoms with Crippen molar-refractivity contribution in [3.63, 3.8) is 0 Å². The summed E-state index contributed by atoms with van der Waals surface area (Å²) in [6.07, 6.45) is 1.44. The van der Waals surface area contributed by atoms with Gasteiger partial charge in [-0.2, -0.15) is 0 Å². The van der Waals surface area contributed by atoms with Crippen molar-refractivity contribution in [1.29, 1.82) is 0 Å². The fourth-order valence-electron chi connectivity index (χ4n) is 1.62. The lowest BCUT2D eigenvalue weighted by molar-refractivity contribution is 0.366. The zero-order valence-electron chi connectivity index (χ0n) is 7.10. The molecule has 0 aromatic rings. The Labute approximate surface area is 69.5 Å². The molecule has 1 aliphatic heterocycles. The van der Waals surface area contributed by atoms with Crippen LogP contribution in [-0.2, 0) is 4.43 Å². The van der Waals surface area contributed by atoms with Crippen molar-refractivity contribution < 1.29 is 4.43 Å². The van der Waals surface area contributed by atoms with E-state index in [1.54, 1.807) is 0 Å². The first-order chi connectivity index (χ1) is 4.84. The molecule has 0 bridgehead atoms. The third kappa shape index (κ3) is 2.34. The summed E-state index contributed by atoms with van der Waals surface area (Å²) in [5.41, 5.74) is 1.14. The monoisotopic (exact) mass is 190 g/mol. The van der Waals surface area contributed by atoms with Gasteiger partial charge in [-0.1, -0.05) is 25.8 Å². The summed E-state index contributed by atoms with van der Waals surface area (Å²) < 4.78 is 5.53. The number of hydrogen-bond donors (Lipinski definition) is 0. The van der Waals surface area contributed by atoms with E-state index in [1.807, 2.05) is 0 Å². The maximum absolute atomic E-state index is 5.53. The van der Waals surface area contributed by atoms with E-state index in [4.69, 9.17) is 4.43 Å². The van der Waals surface area contributed by atoms with Crippen molar-refractivity contribution in [3.8, 4) is 0 Å². The van der Waals surface area contributed by atoms with Crippen molar-refractivity contribution in [2.24, 2.45) is 0 Å². The van der Waals surface area contributed by atoms with E-state index in [0.717, 1.165) is 12.1 Å². The van der Waals surface area contributed by atoms with E-state index in [2.05, 4.69) is 13.8 Å². The first kappa shape index (κ1) is 8.70. The molecular weight excluding hydrogens is 172 g/mol. The van der Waals surface area contributed by atoms with Crippen LogP contribution in [0.25, 0.3) is 0 Å². The molecule has 2 unspecified atom stereocenters. The molecule has 4 heteroatoms. The van der Waals surface area contributed by atoms with Gasteiger partial charge in [-0.25, -0.2) is 0 Å². The van der Waals surface area contributed by atoms with E-state index in [-0.39, 0.29) is 17.6 Å². The third-order valence-electron chi connectivity index (χ3n) is 2.71. The quantitative estimate of drug-likeness (QED) is 0.544. The second kappa shape index (κ2) is 4.48. The highest BCUT2D eigenvalue weighted by Crippen LogP contribution is 2.17. The highest BCUT2D eigenvalue weighted by Gasteiger charge is 2.20. The molecule has 1 aliphatic rings. The second-order valence-corrected chi connectivity index (χ2v) is 19.3. The molecule has 0 spiro atoms. The van der Waals surface area contributed by atoms with Gasteiger partial charge in [0.05, 0.1) is 0 Å². The SMILES string of the molecule is CCC(C)[SiH]1CCO[SiH2][SiH2]1. The fraction of sp³-hybridized carbons (Fsp3) is 1.00. The molecule has 1 nitrogen and oxygen atoms in total. The Morgan fingerprint density at radius 3 is 3.00 bits per heavy atom. The summed E-state index contributed by atoms with van der Waals surface area (Å²) in [7, 11) is 0.384. The first-order valence-corrected chi connectivity index (χ1v) is 13.7. The zero-order chi connectivity index (χ0) is 7.40. The maximum Gasteiger partial charge on any atom is 0.140 e. The molecule has 10 heavy (non-hydrogen) atoms. The molecule has 1 rings (SSSR count). The minimum absolute atomic E-state index is 0.110. The van der Waals surface area contributed by atoms with Crippen molar-refractivity contribution in [2.75, 3.05) is 6.61 Å². The van der Waals surface area contributed by atoms with Gasteiger partial charge in [-0.15, -0.1) is 0 Å².